The minimum atomic E-state index is -0.150. The van der Waals surface area contributed by atoms with Gasteiger partial charge in [-0.3, -0.25) is 0 Å². The Kier molecular flexibility index (Phi) is 5.15. The predicted molar refractivity (Wildman–Crippen MR) is 104 cm³/mol. The van der Waals surface area contributed by atoms with Crippen LogP contribution in [0.5, 0.6) is 0 Å². The number of para-hydroxylation sites is 1. The molecule has 28 heavy (non-hydrogen) atoms. The molecular weight excluding hydrogens is 378 g/mol. The van der Waals surface area contributed by atoms with E-state index in [-0.39, 0.29) is 11.2 Å². The molecule has 10 nitrogen and oxygen atoms in total. The van der Waals surface area contributed by atoms with Gasteiger partial charge in [0.2, 0.25) is 17.1 Å². The third-order valence-electron chi connectivity index (χ3n) is 3.73. The molecule has 0 fully saturated rings. The van der Waals surface area contributed by atoms with Crippen LogP contribution >= 0.6 is 11.8 Å². The molecule has 0 saturated carbocycles. The molecule has 3 heterocycles. The lowest BCUT2D eigenvalue weighted by molar-refractivity contribution is 0.462. The lowest BCUT2D eigenvalue weighted by atomic mass is 10.3. The Morgan fingerprint density at radius 1 is 1.14 bits per heavy atom. The fourth-order valence-corrected chi connectivity index (χ4v) is 3.27. The van der Waals surface area contributed by atoms with Crippen molar-refractivity contribution in [2.45, 2.75) is 23.9 Å². The van der Waals surface area contributed by atoms with Gasteiger partial charge >= 0.3 is 0 Å². The van der Waals surface area contributed by atoms with Gasteiger partial charge in [0.05, 0.1) is 11.5 Å². The minimum Gasteiger partial charge on any atom is -0.467 e. The molecule has 0 radical (unpaired) electrons. The molecule has 1 atom stereocenters. The Labute approximate surface area is 164 Å². The summed E-state index contributed by atoms with van der Waals surface area (Å²) < 4.78 is 7.02. The number of nitrogen functional groups attached to an aromatic ring is 1. The average Bonchev–Trinajstić information content (AvgIpc) is 3.35. The number of nitrogens with two attached hydrogens (primary N) is 1. The quantitative estimate of drug-likeness (QED) is 0.450. The Bertz CT molecular complexity index is 1040. The highest BCUT2D eigenvalue weighted by molar-refractivity contribution is 7.99. The van der Waals surface area contributed by atoms with Crippen molar-refractivity contribution in [1.82, 2.24) is 35.2 Å². The smallest absolute Gasteiger partial charge is 0.232 e. The van der Waals surface area contributed by atoms with Crippen molar-refractivity contribution in [2.24, 2.45) is 0 Å². The maximum atomic E-state index is 5.88. The van der Waals surface area contributed by atoms with Crippen LogP contribution in [0.2, 0.25) is 0 Å². The van der Waals surface area contributed by atoms with Crippen LogP contribution in [-0.2, 0) is 6.54 Å². The van der Waals surface area contributed by atoms with Crippen molar-refractivity contribution in [3.05, 3.63) is 60.3 Å². The number of hydrogen-bond acceptors (Lipinski definition) is 10. The van der Waals surface area contributed by atoms with Crippen molar-refractivity contribution in [2.75, 3.05) is 11.1 Å². The van der Waals surface area contributed by atoms with E-state index in [0.29, 0.717) is 23.5 Å². The molecule has 3 N–H and O–H groups in total. The summed E-state index contributed by atoms with van der Waals surface area (Å²) in [5.74, 6) is 1.83. The van der Waals surface area contributed by atoms with Gasteiger partial charge in [0, 0.05) is 5.69 Å². The largest absolute Gasteiger partial charge is 0.467 e. The van der Waals surface area contributed by atoms with Crippen molar-refractivity contribution in [1.29, 1.82) is 0 Å². The van der Waals surface area contributed by atoms with E-state index in [2.05, 4.69) is 35.8 Å². The number of nitrogens with zero attached hydrogens (tertiary/aromatic N) is 7. The number of thioether (sulfide) groups is 1. The molecule has 0 aliphatic carbocycles. The van der Waals surface area contributed by atoms with E-state index >= 15 is 0 Å². The van der Waals surface area contributed by atoms with Gasteiger partial charge in [0.25, 0.3) is 0 Å². The molecule has 0 spiro atoms. The number of benzene rings is 1. The third-order valence-corrected chi connectivity index (χ3v) is 4.80. The van der Waals surface area contributed by atoms with Crippen LogP contribution in [0.25, 0.3) is 0 Å². The second kappa shape index (κ2) is 8.05. The predicted octanol–water partition coefficient (Wildman–Crippen LogP) is 2.68. The van der Waals surface area contributed by atoms with Gasteiger partial charge in [-0.1, -0.05) is 30.0 Å². The first-order valence-corrected chi connectivity index (χ1v) is 9.34. The maximum Gasteiger partial charge on any atom is 0.232 e. The van der Waals surface area contributed by atoms with E-state index in [4.69, 9.17) is 10.2 Å². The molecule has 1 aromatic carbocycles. The summed E-state index contributed by atoms with van der Waals surface area (Å²) in [7, 11) is 0. The maximum absolute atomic E-state index is 5.88. The van der Waals surface area contributed by atoms with E-state index in [1.165, 1.54) is 11.8 Å². The van der Waals surface area contributed by atoms with Gasteiger partial charge in [0.1, 0.15) is 18.1 Å². The molecule has 0 amide bonds. The summed E-state index contributed by atoms with van der Waals surface area (Å²) in [5, 5.41) is 15.4. The second-order valence-corrected chi connectivity index (χ2v) is 7.13. The molecular formula is C17H17N9OS. The van der Waals surface area contributed by atoms with E-state index in [9.17, 15) is 0 Å². The summed E-state index contributed by atoms with van der Waals surface area (Å²) in [6, 6.07) is 13.3. The first kappa shape index (κ1) is 17.9. The highest BCUT2D eigenvalue weighted by Gasteiger charge is 2.18. The number of tetrazole rings is 1. The fraction of sp³-hybridized carbons (Fsp3) is 0.176. The van der Waals surface area contributed by atoms with E-state index in [1.54, 1.807) is 10.9 Å². The zero-order chi connectivity index (χ0) is 19.3. The Morgan fingerprint density at radius 2 is 2.00 bits per heavy atom. The standard InChI is InChI=1S/C17H17N9OS/c1-11(28-17-23-24-25-26(17)10-13-8-5-9-27-13)14-20-15(18)22-16(21-14)19-12-6-3-2-4-7-12/h2-9,11H,10H2,1H3,(H3,18,19,20,21,22)/t11-/m0/s1. The molecule has 0 unspecified atom stereocenters. The molecule has 4 rings (SSSR count). The Balaban J connectivity index is 1.51. The van der Waals surface area contributed by atoms with Gasteiger partial charge in [-0.15, -0.1) is 5.10 Å². The summed E-state index contributed by atoms with van der Waals surface area (Å²) >= 11 is 1.42. The Hall–Kier alpha value is -3.47. The van der Waals surface area contributed by atoms with E-state index in [0.717, 1.165) is 11.4 Å². The summed E-state index contributed by atoms with van der Waals surface area (Å²) in [6.45, 7) is 2.40. The first-order valence-electron chi connectivity index (χ1n) is 8.46. The Morgan fingerprint density at radius 3 is 2.79 bits per heavy atom. The molecule has 0 aliphatic rings. The van der Waals surface area contributed by atoms with Crippen LogP contribution in [0.3, 0.4) is 0 Å². The number of nitrogens with one attached hydrogen (secondary N) is 1. The number of rotatable bonds is 7. The van der Waals surface area contributed by atoms with Gasteiger partial charge in [-0.25, -0.2) is 4.68 Å². The lowest BCUT2D eigenvalue weighted by Gasteiger charge is -2.12. The van der Waals surface area contributed by atoms with Crippen molar-refractivity contribution >= 4 is 29.3 Å². The van der Waals surface area contributed by atoms with E-state index < -0.39 is 0 Å². The second-order valence-electron chi connectivity index (χ2n) is 5.82. The number of hydrogen-bond donors (Lipinski definition) is 2. The number of aromatic nitrogens is 7. The van der Waals surface area contributed by atoms with Crippen LogP contribution in [0.1, 0.15) is 23.8 Å². The number of furan rings is 1. The molecule has 3 aromatic heterocycles. The molecule has 142 valence electrons. The zero-order valence-electron chi connectivity index (χ0n) is 14.9. The zero-order valence-corrected chi connectivity index (χ0v) is 15.7. The molecule has 0 aliphatic heterocycles. The molecule has 4 aromatic rings. The minimum absolute atomic E-state index is 0.144. The summed E-state index contributed by atoms with van der Waals surface area (Å²) in [5.41, 5.74) is 6.74. The van der Waals surface area contributed by atoms with Gasteiger partial charge in [0.15, 0.2) is 0 Å². The molecule has 11 heteroatoms. The lowest BCUT2D eigenvalue weighted by Crippen LogP contribution is -2.09. The van der Waals surface area contributed by atoms with Crippen molar-refractivity contribution in [3.63, 3.8) is 0 Å². The van der Waals surface area contributed by atoms with Crippen molar-refractivity contribution < 1.29 is 4.42 Å². The van der Waals surface area contributed by atoms with Crippen LogP contribution in [0.15, 0.2) is 58.3 Å². The summed E-state index contributed by atoms with van der Waals surface area (Å²) in [4.78, 5) is 12.9. The van der Waals surface area contributed by atoms with Crippen LogP contribution in [0, 0.1) is 0 Å². The monoisotopic (exact) mass is 395 g/mol. The normalized spacial score (nSPS) is 12.0. The van der Waals surface area contributed by atoms with Gasteiger partial charge in [-0.2, -0.15) is 15.0 Å². The molecule has 0 saturated heterocycles. The fourth-order valence-electron chi connectivity index (χ4n) is 2.44. The number of anilines is 3. The highest BCUT2D eigenvalue weighted by atomic mass is 32.2. The average molecular weight is 395 g/mol. The topological polar surface area (TPSA) is 133 Å². The van der Waals surface area contributed by atoms with Gasteiger partial charge < -0.3 is 15.5 Å². The van der Waals surface area contributed by atoms with E-state index in [1.807, 2.05) is 49.4 Å². The highest BCUT2D eigenvalue weighted by Crippen LogP contribution is 2.32. The van der Waals surface area contributed by atoms with Gasteiger partial charge in [-0.05, 0) is 41.6 Å². The van der Waals surface area contributed by atoms with Crippen LogP contribution in [-0.4, -0.2) is 35.2 Å². The third kappa shape index (κ3) is 4.26. The van der Waals surface area contributed by atoms with Crippen LogP contribution in [0.4, 0.5) is 17.6 Å². The SMILES string of the molecule is C[C@H](Sc1nnnn1Cc1ccco1)c1nc(N)nc(Nc2ccccc2)n1. The van der Waals surface area contributed by atoms with Crippen LogP contribution < -0.4 is 11.1 Å². The van der Waals surface area contributed by atoms with Crippen molar-refractivity contribution in [3.8, 4) is 0 Å². The summed E-state index contributed by atoms with van der Waals surface area (Å²) in [6.07, 6.45) is 1.62. The first-order chi connectivity index (χ1) is 13.7. The molecule has 0 bridgehead atoms.